The van der Waals surface area contributed by atoms with Gasteiger partial charge in [-0.1, -0.05) is 37.3 Å². The van der Waals surface area contributed by atoms with Crippen LogP contribution in [-0.2, 0) is 16.1 Å². The topological polar surface area (TPSA) is 26.3 Å². The maximum absolute atomic E-state index is 12.5. The van der Waals surface area contributed by atoms with E-state index in [-0.39, 0.29) is 19.6 Å². The molecular weight excluding hydrogens is 257 g/mol. The normalized spacial score (nSPS) is 13.3. The summed E-state index contributed by atoms with van der Waals surface area (Å²) >= 11 is 0. The summed E-state index contributed by atoms with van der Waals surface area (Å²) in [5, 5.41) is 0. The smallest absolute Gasteiger partial charge is 0.369 e. The fraction of sp³-hybridized carbons (Fsp3) is 0.500. The molecule has 0 aliphatic carbocycles. The summed E-state index contributed by atoms with van der Waals surface area (Å²) in [5.74, 6) is -2.08. The number of carbonyl (C=O) groups is 1. The van der Waals surface area contributed by atoms with Gasteiger partial charge in [0.1, 0.15) is 6.61 Å². The Morgan fingerprint density at radius 3 is 2.42 bits per heavy atom. The first-order chi connectivity index (χ1) is 8.93. The van der Waals surface area contributed by atoms with Crippen LogP contribution in [0.1, 0.15) is 25.3 Å². The first kappa shape index (κ1) is 15.7. The van der Waals surface area contributed by atoms with Crippen LogP contribution in [0.5, 0.6) is 0 Å². The van der Waals surface area contributed by atoms with Crippen LogP contribution in [0.25, 0.3) is 0 Å². The van der Waals surface area contributed by atoms with E-state index in [0.717, 1.165) is 5.56 Å². The number of benzene rings is 1. The monoisotopic (exact) mass is 274 g/mol. The van der Waals surface area contributed by atoms with Gasteiger partial charge in [0.15, 0.2) is 5.78 Å². The van der Waals surface area contributed by atoms with E-state index in [4.69, 9.17) is 4.74 Å². The highest BCUT2D eigenvalue weighted by atomic mass is 19.4. The second kappa shape index (κ2) is 7.28. The standard InChI is InChI=1S/C14H17F3O2/c1-2-12(14(15,16)17)8-13(18)10-19-9-11-6-4-3-5-7-11/h3-7,12H,2,8-10H2,1H3. The van der Waals surface area contributed by atoms with Crippen molar-refractivity contribution < 1.29 is 22.7 Å². The summed E-state index contributed by atoms with van der Waals surface area (Å²) in [6.45, 7) is 1.38. The molecule has 0 heterocycles. The van der Waals surface area contributed by atoms with Crippen LogP contribution in [0.2, 0.25) is 0 Å². The van der Waals surface area contributed by atoms with Crippen molar-refractivity contribution >= 4 is 5.78 Å². The van der Waals surface area contributed by atoms with E-state index in [1.165, 1.54) is 6.92 Å². The zero-order valence-electron chi connectivity index (χ0n) is 10.7. The molecule has 106 valence electrons. The molecule has 1 unspecified atom stereocenters. The lowest BCUT2D eigenvalue weighted by Gasteiger charge is -2.17. The van der Waals surface area contributed by atoms with E-state index in [9.17, 15) is 18.0 Å². The van der Waals surface area contributed by atoms with Crippen LogP contribution in [0.3, 0.4) is 0 Å². The van der Waals surface area contributed by atoms with Crippen LogP contribution in [0, 0.1) is 5.92 Å². The lowest BCUT2D eigenvalue weighted by atomic mass is 9.99. The second-order valence-corrected chi connectivity index (χ2v) is 4.37. The van der Waals surface area contributed by atoms with Gasteiger partial charge in [0, 0.05) is 6.42 Å². The van der Waals surface area contributed by atoms with Crippen LogP contribution in [0.15, 0.2) is 30.3 Å². The fourth-order valence-corrected chi connectivity index (χ4v) is 1.68. The largest absolute Gasteiger partial charge is 0.392 e. The van der Waals surface area contributed by atoms with Crippen molar-refractivity contribution in [3.05, 3.63) is 35.9 Å². The molecule has 5 heteroatoms. The molecular formula is C14H17F3O2. The van der Waals surface area contributed by atoms with E-state index < -0.39 is 24.3 Å². The maximum Gasteiger partial charge on any atom is 0.392 e. The summed E-state index contributed by atoms with van der Waals surface area (Å²) in [6, 6.07) is 9.17. The van der Waals surface area contributed by atoms with Gasteiger partial charge in [-0.25, -0.2) is 0 Å². The average molecular weight is 274 g/mol. The SMILES string of the molecule is CCC(CC(=O)COCc1ccccc1)C(F)(F)F. The van der Waals surface area contributed by atoms with E-state index in [1.54, 1.807) is 0 Å². The van der Waals surface area contributed by atoms with Gasteiger partial charge in [-0.3, -0.25) is 4.79 Å². The first-order valence-corrected chi connectivity index (χ1v) is 6.13. The minimum absolute atomic E-state index is 0.0894. The molecule has 0 saturated carbocycles. The fourth-order valence-electron chi connectivity index (χ4n) is 1.68. The molecule has 0 amide bonds. The third-order valence-corrected chi connectivity index (χ3v) is 2.80. The van der Waals surface area contributed by atoms with E-state index in [1.807, 2.05) is 30.3 Å². The van der Waals surface area contributed by atoms with E-state index in [0.29, 0.717) is 0 Å². The number of halogens is 3. The van der Waals surface area contributed by atoms with Gasteiger partial charge in [0.25, 0.3) is 0 Å². The number of ether oxygens (including phenoxy) is 1. The maximum atomic E-state index is 12.5. The number of Topliss-reactive ketones (excluding diaryl/α,β-unsaturated/α-hetero) is 1. The van der Waals surface area contributed by atoms with E-state index >= 15 is 0 Å². The van der Waals surface area contributed by atoms with Crippen molar-refractivity contribution in [2.24, 2.45) is 5.92 Å². The molecule has 1 rings (SSSR count). The summed E-state index contributed by atoms with van der Waals surface area (Å²) in [5.41, 5.74) is 0.887. The van der Waals surface area contributed by atoms with Gasteiger partial charge in [-0.05, 0) is 12.0 Å². The molecule has 0 fully saturated rings. The number of rotatable bonds is 7. The van der Waals surface area contributed by atoms with Crippen molar-refractivity contribution in [2.75, 3.05) is 6.61 Å². The van der Waals surface area contributed by atoms with Gasteiger partial charge in [-0.2, -0.15) is 13.2 Å². The van der Waals surface area contributed by atoms with Gasteiger partial charge in [0.2, 0.25) is 0 Å². The highest BCUT2D eigenvalue weighted by molar-refractivity contribution is 5.79. The predicted molar refractivity (Wildman–Crippen MR) is 65.6 cm³/mol. The number of hydrogen-bond acceptors (Lipinski definition) is 2. The molecule has 1 atom stereocenters. The lowest BCUT2D eigenvalue weighted by Crippen LogP contribution is -2.26. The van der Waals surface area contributed by atoms with Crippen molar-refractivity contribution in [3.63, 3.8) is 0 Å². The second-order valence-electron chi connectivity index (χ2n) is 4.37. The number of alkyl halides is 3. The zero-order valence-corrected chi connectivity index (χ0v) is 10.7. The van der Waals surface area contributed by atoms with Gasteiger partial charge in [-0.15, -0.1) is 0 Å². The lowest BCUT2D eigenvalue weighted by molar-refractivity contribution is -0.179. The van der Waals surface area contributed by atoms with E-state index in [2.05, 4.69) is 0 Å². The van der Waals surface area contributed by atoms with Crippen LogP contribution in [0.4, 0.5) is 13.2 Å². The van der Waals surface area contributed by atoms with Gasteiger partial charge in [0.05, 0.1) is 12.5 Å². The predicted octanol–water partition coefficient (Wildman–Crippen LogP) is 3.75. The molecule has 0 radical (unpaired) electrons. The molecule has 0 spiro atoms. The molecule has 1 aromatic carbocycles. The molecule has 0 N–H and O–H groups in total. The van der Waals surface area contributed by atoms with Crippen molar-refractivity contribution in [1.82, 2.24) is 0 Å². The Hall–Kier alpha value is -1.36. The Morgan fingerprint density at radius 1 is 1.26 bits per heavy atom. The Kier molecular flexibility index (Phi) is 6.02. The Morgan fingerprint density at radius 2 is 1.89 bits per heavy atom. The van der Waals surface area contributed by atoms with Crippen molar-refractivity contribution in [1.29, 1.82) is 0 Å². The molecule has 1 aromatic rings. The molecule has 0 bridgehead atoms. The Labute approximate surface area is 110 Å². The molecule has 0 saturated heterocycles. The third-order valence-electron chi connectivity index (χ3n) is 2.80. The van der Waals surface area contributed by atoms with Crippen LogP contribution >= 0.6 is 0 Å². The number of hydrogen-bond donors (Lipinski definition) is 0. The van der Waals surface area contributed by atoms with Gasteiger partial charge >= 0.3 is 6.18 Å². The summed E-state index contributed by atoms with van der Waals surface area (Å²) < 4.78 is 42.5. The average Bonchev–Trinajstić information content (AvgIpc) is 2.36. The van der Waals surface area contributed by atoms with Gasteiger partial charge < -0.3 is 4.74 Å². The molecule has 0 aromatic heterocycles. The summed E-state index contributed by atoms with van der Waals surface area (Å²) in [7, 11) is 0. The highest BCUT2D eigenvalue weighted by Gasteiger charge is 2.39. The zero-order chi connectivity index (χ0) is 14.3. The molecule has 0 aliphatic rings. The Balaban J connectivity index is 2.32. The minimum Gasteiger partial charge on any atom is -0.369 e. The molecule has 0 aliphatic heterocycles. The number of ketones is 1. The minimum atomic E-state index is -4.32. The molecule has 2 nitrogen and oxygen atoms in total. The van der Waals surface area contributed by atoms with Crippen LogP contribution < -0.4 is 0 Å². The van der Waals surface area contributed by atoms with Crippen molar-refractivity contribution in [2.45, 2.75) is 32.5 Å². The highest BCUT2D eigenvalue weighted by Crippen LogP contribution is 2.31. The summed E-state index contributed by atoms with van der Waals surface area (Å²) in [4.78, 5) is 11.4. The Bertz CT molecular complexity index is 387. The quantitative estimate of drug-likeness (QED) is 0.757. The van der Waals surface area contributed by atoms with Crippen molar-refractivity contribution in [3.8, 4) is 0 Å². The first-order valence-electron chi connectivity index (χ1n) is 6.13. The third kappa shape index (κ3) is 5.87. The molecule has 19 heavy (non-hydrogen) atoms. The number of carbonyl (C=O) groups excluding carboxylic acids is 1. The van der Waals surface area contributed by atoms with Crippen LogP contribution in [-0.4, -0.2) is 18.6 Å². The summed E-state index contributed by atoms with van der Waals surface area (Å²) in [6.07, 6.45) is -4.91.